The van der Waals surface area contributed by atoms with Crippen LogP contribution in [0, 0.1) is 0 Å². The van der Waals surface area contributed by atoms with Gasteiger partial charge in [0.1, 0.15) is 6.04 Å². The first-order valence-corrected chi connectivity index (χ1v) is 5.66. The van der Waals surface area contributed by atoms with E-state index in [0.29, 0.717) is 12.2 Å². The van der Waals surface area contributed by atoms with E-state index in [2.05, 4.69) is 10.3 Å². The standard InChI is InChI=1S/C12H15N3O2/c1-9(16)15-7-3-5-11(15)12(17)14-10-4-2-6-13-8-10/h2,4,6,8,11H,3,5,7H2,1H3,(H,14,17)/t11-/m0/s1. The maximum atomic E-state index is 12.0. The van der Waals surface area contributed by atoms with Crippen LogP contribution in [0.1, 0.15) is 19.8 Å². The maximum absolute atomic E-state index is 12.0. The fourth-order valence-electron chi connectivity index (χ4n) is 2.08. The third kappa shape index (κ3) is 2.61. The van der Waals surface area contributed by atoms with E-state index in [1.807, 2.05) is 0 Å². The molecule has 17 heavy (non-hydrogen) atoms. The van der Waals surface area contributed by atoms with Crippen molar-refractivity contribution in [1.29, 1.82) is 0 Å². The predicted octanol–water partition coefficient (Wildman–Crippen LogP) is 1.03. The summed E-state index contributed by atoms with van der Waals surface area (Å²) in [6.07, 6.45) is 4.84. The highest BCUT2D eigenvalue weighted by molar-refractivity contribution is 5.97. The summed E-state index contributed by atoms with van der Waals surface area (Å²) in [5.41, 5.74) is 0.660. The Morgan fingerprint density at radius 2 is 2.35 bits per heavy atom. The molecule has 2 rings (SSSR count). The fraction of sp³-hybridized carbons (Fsp3) is 0.417. The number of likely N-dealkylation sites (tertiary alicyclic amines) is 1. The summed E-state index contributed by atoms with van der Waals surface area (Å²) < 4.78 is 0. The summed E-state index contributed by atoms with van der Waals surface area (Å²) in [6.45, 7) is 2.16. The molecule has 0 unspecified atom stereocenters. The summed E-state index contributed by atoms with van der Waals surface area (Å²) in [5.74, 6) is -0.181. The lowest BCUT2D eigenvalue weighted by atomic mass is 10.2. The van der Waals surface area contributed by atoms with Crippen LogP contribution in [-0.4, -0.2) is 34.3 Å². The van der Waals surface area contributed by atoms with Gasteiger partial charge in [-0.3, -0.25) is 14.6 Å². The molecule has 2 amide bonds. The van der Waals surface area contributed by atoms with Gasteiger partial charge >= 0.3 is 0 Å². The van der Waals surface area contributed by atoms with E-state index in [4.69, 9.17) is 0 Å². The lowest BCUT2D eigenvalue weighted by Crippen LogP contribution is -2.42. The van der Waals surface area contributed by atoms with E-state index < -0.39 is 0 Å². The second kappa shape index (κ2) is 4.95. The lowest BCUT2D eigenvalue weighted by molar-refractivity contribution is -0.134. The number of nitrogens with one attached hydrogen (secondary N) is 1. The number of amides is 2. The average Bonchev–Trinajstić information content (AvgIpc) is 2.79. The Morgan fingerprint density at radius 1 is 1.53 bits per heavy atom. The number of aromatic nitrogens is 1. The molecule has 1 atom stereocenters. The van der Waals surface area contributed by atoms with Crippen LogP contribution < -0.4 is 5.32 Å². The van der Waals surface area contributed by atoms with Crippen LogP contribution in [0.25, 0.3) is 0 Å². The van der Waals surface area contributed by atoms with Crippen LogP contribution in [0.4, 0.5) is 5.69 Å². The van der Waals surface area contributed by atoms with Gasteiger partial charge in [0, 0.05) is 19.7 Å². The molecule has 5 nitrogen and oxygen atoms in total. The first kappa shape index (κ1) is 11.6. The van der Waals surface area contributed by atoms with E-state index in [0.717, 1.165) is 12.8 Å². The zero-order chi connectivity index (χ0) is 12.3. The Balaban J connectivity index is 2.03. The minimum atomic E-state index is -0.340. The van der Waals surface area contributed by atoms with E-state index >= 15 is 0 Å². The van der Waals surface area contributed by atoms with Crippen molar-refractivity contribution in [3.05, 3.63) is 24.5 Å². The van der Waals surface area contributed by atoms with Crippen molar-refractivity contribution in [1.82, 2.24) is 9.88 Å². The van der Waals surface area contributed by atoms with E-state index in [1.54, 1.807) is 29.4 Å². The molecule has 1 aliphatic heterocycles. The van der Waals surface area contributed by atoms with Crippen molar-refractivity contribution in [3.8, 4) is 0 Å². The number of pyridine rings is 1. The largest absolute Gasteiger partial charge is 0.331 e. The van der Waals surface area contributed by atoms with E-state index in [-0.39, 0.29) is 17.9 Å². The molecular formula is C12H15N3O2. The molecule has 5 heteroatoms. The summed E-state index contributed by atoms with van der Waals surface area (Å²) in [7, 11) is 0. The summed E-state index contributed by atoms with van der Waals surface area (Å²) >= 11 is 0. The molecule has 1 aromatic heterocycles. The zero-order valence-corrected chi connectivity index (χ0v) is 9.72. The number of carbonyl (C=O) groups excluding carboxylic acids is 2. The molecule has 1 fully saturated rings. The molecule has 1 saturated heterocycles. The second-order valence-corrected chi connectivity index (χ2v) is 4.10. The first-order valence-electron chi connectivity index (χ1n) is 5.66. The highest BCUT2D eigenvalue weighted by Gasteiger charge is 2.32. The Morgan fingerprint density at radius 3 is 3.00 bits per heavy atom. The fourth-order valence-corrected chi connectivity index (χ4v) is 2.08. The van der Waals surface area contributed by atoms with Crippen molar-refractivity contribution in [2.45, 2.75) is 25.8 Å². The smallest absolute Gasteiger partial charge is 0.247 e. The highest BCUT2D eigenvalue weighted by atomic mass is 16.2. The van der Waals surface area contributed by atoms with Crippen molar-refractivity contribution < 1.29 is 9.59 Å². The Kier molecular flexibility index (Phi) is 3.37. The molecule has 0 aromatic carbocycles. The van der Waals surface area contributed by atoms with Gasteiger partial charge in [0.15, 0.2) is 0 Å². The Hall–Kier alpha value is -1.91. The number of rotatable bonds is 2. The molecule has 0 spiro atoms. The van der Waals surface area contributed by atoms with E-state index in [9.17, 15) is 9.59 Å². The van der Waals surface area contributed by atoms with Gasteiger partial charge in [0.2, 0.25) is 11.8 Å². The first-order chi connectivity index (χ1) is 8.18. The van der Waals surface area contributed by atoms with Gasteiger partial charge in [-0.25, -0.2) is 0 Å². The summed E-state index contributed by atoms with van der Waals surface area (Å²) in [5, 5.41) is 2.77. The number of hydrogen-bond acceptors (Lipinski definition) is 3. The Labute approximate surface area is 99.8 Å². The molecule has 90 valence electrons. The molecule has 2 heterocycles. The number of nitrogens with zero attached hydrogens (tertiary/aromatic N) is 2. The minimum absolute atomic E-state index is 0.0474. The number of carbonyl (C=O) groups is 2. The third-order valence-corrected chi connectivity index (χ3v) is 2.89. The van der Waals surface area contributed by atoms with Crippen molar-refractivity contribution in [3.63, 3.8) is 0 Å². The van der Waals surface area contributed by atoms with Crippen molar-refractivity contribution in [2.24, 2.45) is 0 Å². The van der Waals surface area contributed by atoms with Crippen LogP contribution in [0.3, 0.4) is 0 Å². The van der Waals surface area contributed by atoms with Crippen LogP contribution in [-0.2, 0) is 9.59 Å². The molecule has 0 bridgehead atoms. The molecule has 1 N–H and O–H groups in total. The monoisotopic (exact) mass is 233 g/mol. The second-order valence-electron chi connectivity index (χ2n) is 4.10. The molecule has 0 aliphatic carbocycles. The minimum Gasteiger partial charge on any atom is -0.331 e. The van der Waals surface area contributed by atoms with Crippen LogP contribution in [0.5, 0.6) is 0 Å². The SMILES string of the molecule is CC(=O)N1CCC[C@H]1C(=O)Nc1cccnc1. The van der Waals surface area contributed by atoms with Crippen LogP contribution in [0.2, 0.25) is 0 Å². The summed E-state index contributed by atoms with van der Waals surface area (Å²) in [6, 6.07) is 3.19. The summed E-state index contributed by atoms with van der Waals surface area (Å²) in [4.78, 5) is 28.9. The quantitative estimate of drug-likeness (QED) is 0.830. The topological polar surface area (TPSA) is 62.3 Å². The molecule has 0 saturated carbocycles. The van der Waals surface area contributed by atoms with E-state index in [1.165, 1.54) is 6.92 Å². The number of anilines is 1. The molecule has 0 radical (unpaired) electrons. The van der Waals surface area contributed by atoms with Crippen molar-refractivity contribution >= 4 is 17.5 Å². The molecular weight excluding hydrogens is 218 g/mol. The Bertz CT molecular complexity index is 419. The van der Waals surface area contributed by atoms with Crippen LogP contribution >= 0.6 is 0 Å². The van der Waals surface area contributed by atoms with Gasteiger partial charge in [0.25, 0.3) is 0 Å². The molecule has 1 aliphatic rings. The predicted molar refractivity (Wildman–Crippen MR) is 63.3 cm³/mol. The van der Waals surface area contributed by atoms with Gasteiger partial charge in [-0.2, -0.15) is 0 Å². The normalized spacial score (nSPS) is 19.1. The third-order valence-electron chi connectivity index (χ3n) is 2.89. The van der Waals surface area contributed by atoms with Crippen molar-refractivity contribution in [2.75, 3.05) is 11.9 Å². The van der Waals surface area contributed by atoms with Crippen LogP contribution in [0.15, 0.2) is 24.5 Å². The van der Waals surface area contributed by atoms with Gasteiger partial charge < -0.3 is 10.2 Å². The van der Waals surface area contributed by atoms with Gasteiger partial charge in [-0.05, 0) is 25.0 Å². The number of hydrogen-bond donors (Lipinski definition) is 1. The van der Waals surface area contributed by atoms with Gasteiger partial charge in [-0.1, -0.05) is 0 Å². The molecule has 1 aromatic rings. The average molecular weight is 233 g/mol. The lowest BCUT2D eigenvalue weighted by Gasteiger charge is -2.22. The highest BCUT2D eigenvalue weighted by Crippen LogP contribution is 2.18. The van der Waals surface area contributed by atoms with Gasteiger partial charge in [0.05, 0.1) is 11.9 Å². The maximum Gasteiger partial charge on any atom is 0.247 e. The zero-order valence-electron chi connectivity index (χ0n) is 9.72. The van der Waals surface area contributed by atoms with Gasteiger partial charge in [-0.15, -0.1) is 0 Å².